The number of thioether (sulfide) groups is 2. The van der Waals surface area contributed by atoms with Gasteiger partial charge in [0.1, 0.15) is 0 Å². The van der Waals surface area contributed by atoms with Crippen molar-refractivity contribution in [2.24, 2.45) is 0 Å². The Morgan fingerprint density at radius 1 is 0.524 bits per heavy atom. The second-order valence-electron chi connectivity index (χ2n) is 9.38. The number of ketones is 2. The molecule has 8 nitrogen and oxygen atoms in total. The first-order valence-corrected chi connectivity index (χ1v) is 15.3. The zero-order valence-electron chi connectivity index (χ0n) is 22.6. The lowest BCUT2D eigenvalue weighted by atomic mass is 10.0. The molecule has 0 aliphatic rings. The predicted molar refractivity (Wildman–Crippen MR) is 166 cm³/mol. The first-order chi connectivity index (χ1) is 20.3. The first-order valence-electron chi connectivity index (χ1n) is 13.4. The second-order valence-corrected chi connectivity index (χ2v) is 11.7. The molecule has 4 aromatic rings. The Balaban J connectivity index is 1.23. The van der Waals surface area contributed by atoms with E-state index >= 15 is 0 Å². The van der Waals surface area contributed by atoms with Crippen molar-refractivity contribution in [2.45, 2.75) is 35.5 Å². The Morgan fingerprint density at radius 3 is 1.26 bits per heavy atom. The number of nitro benzene ring substituents is 2. The molecule has 0 fully saturated rings. The number of unbranched alkanes of at least 4 members (excludes halogenated alkanes) is 3. The van der Waals surface area contributed by atoms with Crippen LogP contribution in [0.2, 0.25) is 0 Å². The Kier molecular flexibility index (Phi) is 11.0. The van der Waals surface area contributed by atoms with Gasteiger partial charge >= 0.3 is 0 Å². The largest absolute Gasteiger partial charge is 0.289 e. The van der Waals surface area contributed by atoms with Crippen LogP contribution in [-0.4, -0.2) is 32.9 Å². The third-order valence-corrected chi connectivity index (χ3v) is 8.76. The van der Waals surface area contributed by atoms with E-state index in [0.717, 1.165) is 25.7 Å². The van der Waals surface area contributed by atoms with Crippen LogP contribution in [0.3, 0.4) is 0 Å². The minimum atomic E-state index is -0.454. The molecule has 0 atom stereocenters. The van der Waals surface area contributed by atoms with Crippen molar-refractivity contribution in [3.05, 3.63) is 140 Å². The number of hydrogen-bond acceptors (Lipinski definition) is 8. The van der Waals surface area contributed by atoms with Crippen molar-refractivity contribution >= 4 is 46.5 Å². The fourth-order valence-electron chi connectivity index (χ4n) is 4.28. The summed E-state index contributed by atoms with van der Waals surface area (Å²) >= 11 is 2.80. The van der Waals surface area contributed by atoms with Gasteiger partial charge in [0, 0.05) is 34.4 Å². The fourth-order valence-corrected chi connectivity index (χ4v) is 6.31. The molecule has 4 aromatic carbocycles. The molecule has 0 N–H and O–H groups in total. The number of nitrogens with zero attached hydrogens (tertiary/aromatic N) is 2. The highest BCUT2D eigenvalue weighted by molar-refractivity contribution is 7.99. The predicted octanol–water partition coefficient (Wildman–Crippen LogP) is 8.41. The van der Waals surface area contributed by atoms with Crippen LogP contribution in [0, 0.1) is 20.2 Å². The van der Waals surface area contributed by atoms with Crippen molar-refractivity contribution < 1.29 is 19.4 Å². The highest BCUT2D eigenvalue weighted by Crippen LogP contribution is 2.33. The molecule has 42 heavy (non-hydrogen) atoms. The first kappa shape index (κ1) is 30.7. The summed E-state index contributed by atoms with van der Waals surface area (Å²) in [5.74, 6) is 0.884. The average molecular weight is 601 g/mol. The van der Waals surface area contributed by atoms with Gasteiger partial charge in [-0.1, -0.05) is 73.5 Å². The number of carbonyl (C=O) groups excluding carboxylic acids is 2. The Hall–Kier alpha value is -4.28. The number of carbonyl (C=O) groups is 2. The molecule has 0 amide bonds. The van der Waals surface area contributed by atoms with E-state index in [1.54, 1.807) is 84.9 Å². The average Bonchev–Trinajstić information content (AvgIpc) is 3.02. The minimum absolute atomic E-state index is 0.0729. The Labute approximate surface area is 251 Å². The van der Waals surface area contributed by atoms with Crippen molar-refractivity contribution in [3.8, 4) is 0 Å². The van der Waals surface area contributed by atoms with E-state index in [2.05, 4.69) is 0 Å². The summed E-state index contributed by atoms with van der Waals surface area (Å²) in [7, 11) is 0. The van der Waals surface area contributed by atoms with Crippen molar-refractivity contribution in [2.75, 3.05) is 11.5 Å². The number of hydrogen-bond donors (Lipinski definition) is 0. The van der Waals surface area contributed by atoms with Crippen LogP contribution < -0.4 is 0 Å². The maximum absolute atomic E-state index is 12.7. The molecule has 0 heterocycles. The van der Waals surface area contributed by atoms with Gasteiger partial charge in [-0.05, 0) is 48.6 Å². The van der Waals surface area contributed by atoms with Crippen LogP contribution in [0.4, 0.5) is 11.4 Å². The number of rotatable bonds is 15. The number of benzene rings is 4. The minimum Gasteiger partial charge on any atom is -0.289 e. The fraction of sp³-hybridized carbons (Fsp3) is 0.188. The van der Waals surface area contributed by atoms with Gasteiger partial charge in [0.05, 0.1) is 19.6 Å². The SMILES string of the molecule is O=C(c1ccccc1)c1ccc(SCCCCCCSc2ccc(C(=O)c3ccccc3)cc2[N+](=O)[O-])c([N+](=O)[O-])c1. The summed E-state index contributed by atoms with van der Waals surface area (Å²) in [5, 5.41) is 23.3. The lowest BCUT2D eigenvalue weighted by molar-refractivity contribution is -0.387. The highest BCUT2D eigenvalue weighted by atomic mass is 32.2. The van der Waals surface area contributed by atoms with Crippen LogP contribution in [0.1, 0.15) is 57.5 Å². The molecule has 0 radical (unpaired) electrons. The van der Waals surface area contributed by atoms with E-state index in [-0.39, 0.29) is 34.1 Å². The lowest BCUT2D eigenvalue weighted by Crippen LogP contribution is -2.03. The Morgan fingerprint density at radius 2 is 0.905 bits per heavy atom. The molecule has 0 bridgehead atoms. The van der Waals surface area contributed by atoms with E-state index < -0.39 is 9.85 Å². The van der Waals surface area contributed by atoms with Crippen molar-refractivity contribution in [3.63, 3.8) is 0 Å². The molecule has 0 spiro atoms. The maximum Gasteiger partial charge on any atom is 0.283 e. The molecule has 0 unspecified atom stereocenters. The molecule has 10 heteroatoms. The summed E-state index contributed by atoms with van der Waals surface area (Å²) in [6.07, 6.45) is 3.54. The molecular formula is C32H28N2O6S2. The monoisotopic (exact) mass is 600 g/mol. The normalized spacial score (nSPS) is 10.8. The third kappa shape index (κ3) is 8.14. The van der Waals surface area contributed by atoms with Crippen LogP contribution in [0.25, 0.3) is 0 Å². The maximum atomic E-state index is 12.7. The molecule has 0 aliphatic heterocycles. The van der Waals surface area contributed by atoms with Crippen LogP contribution in [0.15, 0.2) is 107 Å². The van der Waals surface area contributed by atoms with Crippen molar-refractivity contribution in [1.82, 2.24) is 0 Å². The summed E-state index contributed by atoms with van der Waals surface area (Å²) in [6, 6.07) is 26.6. The van der Waals surface area contributed by atoms with Gasteiger partial charge in [0.25, 0.3) is 11.4 Å². The molecular weight excluding hydrogens is 572 g/mol. The third-order valence-electron chi connectivity index (χ3n) is 6.46. The van der Waals surface area contributed by atoms with E-state index in [1.807, 2.05) is 0 Å². The van der Waals surface area contributed by atoms with Gasteiger partial charge < -0.3 is 0 Å². The standard InChI is InChI=1S/C32H28N2O6S2/c35-31(23-11-5-3-6-12-23)25-15-17-29(27(21-25)33(37)38)41-19-9-1-2-10-20-42-30-18-16-26(22-28(30)34(39)40)32(36)24-13-7-4-8-14-24/h3-8,11-18,21-22H,1-2,9-10,19-20H2. The smallest absolute Gasteiger partial charge is 0.283 e. The molecule has 0 saturated heterocycles. The summed E-state index contributed by atoms with van der Waals surface area (Å²) < 4.78 is 0. The van der Waals surface area contributed by atoms with Gasteiger partial charge in [-0.25, -0.2) is 0 Å². The van der Waals surface area contributed by atoms with Gasteiger partial charge in [-0.3, -0.25) is 29.8 Å². The van der Waals surface area contributed by atoms with Gasteiger partial charge in [0.15, 0.2) is 11.6 Å². The van der Waals surface area contributed by atoms with Crippen LogP contribution in [-0.2, 0) is 0 Å². The Bertz CT molecular complexity index is 1460. The summed E-state index contributed by atoms with van der Waals surface area (Å²) in [4.78, 5) is 48.8. The van der Waals surface area contributed by atoms with E-state index in [1.165, 1.54) is 35.7 Å². The molecule has 214 valence electrons. The topological polar surface area (TPSA) is 120 Å². The zero-order chi connectivity index (χ0) is 29.9. The zero-order valence-corrected chi connectivity index (χ0v) is 24.3. The molecule has 4 rings (SSSR count). The van der Waals surface area contributed by atoms with E-state index in [4.69, 9.17) is 0 Å². The molecule has 0 saturated carbocycles. The summed E-state index contributed by atoms with van der Waals surface area (Å²) in [6.45, 7) is 0. The molecule has 0 aromatic heterocycles. The van der Waals surface area contributed by atoms with Crippen LogP contribution in [0.5, 0.6) is 0 Å². The lowest BCUT2D eigenvalue weighted by Gasteiger charge is -2.07. The van der Waals surface area contributed by atoms with E-state index in [0.29, 0.717) is 32.4 Å². The summed E-state index contributed by atoms with van der Waals surface area (Å²) in [5.41, 5.74) is 1.39. The van der Waals surface area contributed by atoms with E-state index in [9.17, 15) is 29.8 Å². The van der Waals surface area contributed by atoms with Gasteiger partial charge in [-0.15, -0.1) is 23.5 Å². The highest BCUT2D eigenvalue weighted by Gasteiger charge is 2.20. The second kappa shape index (κ2) is 15.1. The number of nitro groups is 2. The van der Waals surface area contributed by atoms with Gasteiger partial charge in [0.2, 0.25) is 0 Å². The van der Waals surface area contributed by atoms with Crippen LogP contribution >= 0.6 is 23.5 Å². The molecule has 0 aliphatic carbocycles. The quantitative estimate of drug-likeness (QED) is 0.0438. The van der Waals surface area contributed by atoms with Crippen molar-refractivity contribution in [1.29, 1.82) is 0 Å². The van der Waals surface area contributed by atoms with Gasteiger partial charge in [-0.2, -0.15) is 0 Å².